The number of carbonyl (C=O) groups is 3. The van der Waals surface area contributed by atoms with Crippen LogP contribution in [0.4, 0.5) is 0 Å². The van der Waals surface area contributed by atoms with E-state index in [1.54, 1.807) is 42.5 Å². The van der Waals surface area contributed by atoms with Gasteiger partial charge in [0.25, 0.3) is 11.8 Å². The van der Waals surface area contributed by atoms with E-state index in [1.807, 2.05) is 30.3 Å². The minimum Gasteiger partial charge on any atom is -0.340 e. The van der Waals surface area contributed by atoms with Gasteiger partial charge in [-0.2, -0.15) is 0 Å². The van der Waals surface area contributed by atoms with Crippen LogP contribution in [-0.2, 0) is 11.2 Å². The van der Waals surface area contributed by atoms with Gasteiger partial charge >= 0.3 is 0 Å². The van der Waals surface area contributed by atoms with Crippen molar-refractivity contribution in [2.75, 3.05) is 0 Å². The van der Waals surface area contributed by atoms with Crippen LogP contribution in [0.3, 0.4) is 0 Å². The van der Waals surface area contributed by atoms with Crippen molar-refractivity contribution in [2.45, 2.75) is 12.5 Å². The van der Waals surface area contributed by atoms with Gasteiger partial charge in [0.05, 0.1) is 5.56 Å². The van der Waals surface area contributed by atoms with Crippen molar-refractivity contribution in [2.24, 2.45) is 0 Å². The molecule has 3 amide bonds. The van der Waals surface area contributed by atoms with Gasteiger partial charge in [0.2, 0.25) is 5.91 Å². The Balaban J connectivity index is 1.76. The van der Waals surface area contributed by atoms with Crippen LogP contribution in [0.1, 0.15) is 26.3 Å². The highest BCUT2D eigenvalue weighted by Crippen LogP contribution is 2.06. The molecule has 0 aliphatic carbocycles. The zero-order valence-corrected chi connectivity index (χ0v) is 15.0. The number of rotatable bonds is 6. The van der Waals surface area contributed by atoms with E-state index in [4.69, 9.17) is 0 Å². The van der Waals surface area contributed by atoms with Gasteiger partial charge in [-0.05, 0) is 29.8 Å². The van der Waals surface area contributed by atoms with Gasteiger partial charge in [0, 0.05) is 24.4 Å². The molecule has 0 aliphatic rings. The fraction of sp³-hybridized carbons (Fsp3) is 0.0909. The van der Waals surface area contributed by atoms with Crippen molar-refractivity contribution in [3.8, 4) is 0 Å². The lowest BCUT2D eigenvalue weighted by Crippen LogP contribution is -2.49. The normalized spacial score (nSPS) is 11.3. The molecule has 0 radical (unpaired) electrons. The molecule has 1 heterocycles. The number of hydrogen-bond donors (Lipinski definition) is 2. The van der Waals surface area contributed by atoms with Crippen LogP contribution in [-0.4, -0.2) is 28.7 Å². The minimum absolute atomic E-state index is 0.256. The monoisotopic (exact) mass is 373 g/mol. The summed E-state index contributed by atoms with van der Waals surface area (Å²) < 4.78 is 0. The van der Waals surface area contributed by atoms with E-state index in [9.17, 15) is 14.4 Å². The average Bonchev–Trinajstić information content (AvgIpc) is 2.75. The lowest BCUT2D eigenvalue weighted by molar-refractivity contribution is -0.122. The number of hydrogen-bond acceptors (Lipinski definition) is 4. The maximum absolute atomic E-state index is 12.7. The van der Waals surface area contributed by atoms with Crippen LogP contribution < -0.4 is 10.6 Å². The second-order valence-corrected chi connectivity index (χ2v) is 6.14. The molecule has 0 unspecified atom stereocenters. The highest BCUT2D eigenvalue weighted by Gasteiger charge is 2.24. The average molecular weight is 373 g/mol. The summed E-state index contributed by atoms with van der Waals surface area (Å²) in [5.41, 5.74) is 1.57. The molecule has 140 valence electrons. The number of aromatic nitrogens is 1. The van der Waals surface area contributed by atoms with E-state index in [0.29, 0.717) is 5.56 Å². The fourth-order valence-electron chi connectivity index (χ4n) is 2.66. The molecule has 0 aliphatic heterocycles. The molecule has 0 bridgehead atoms. The number of benzene rings is 2. The standard InChI is InChI=1S/C22H19N3O3/c26-20(17-10-5-2-6-11-17)24-19(14-16-8-3-1-4-9-16)22(28)25-21(27)18-12-7-13-23-15-18/h1-13,15,19H,14H2,(H,24,26)(H,25,27,28)/t19-/m0/s1. The molecule has 0 saturated carbocycles. The molecular formula is C22H19N3O3. The fourth-order valence-corrected chi connectivity index (χ4v) is 2.66. The summed E-state index contributed by atoms with van der Waals surface area (Å²) >= 11 is 0. The van der Waals surface area contributed by atoms with Crippen molar-refractivity contribution in [1.29, 1.82) is 0 Å². The summed E-state index contributed by atoms with van der Waals surface area (Å²) in [4.78, 5) is 41.4. The Morgan fingerprint density at radius 1 is 0.786 bits per heavy atom. The van der Waals surface area contributed by atoms with E-state index in [2.05, 4.69) is 15.6 Å². The highest BCUT2D eigenvalue weighted by atomic mass is 16.2. The second-order valence-electron chi connectivity index (χ2n) is 6.14. The first kappa shape index (κ1) is 19.0. The minimum atomic E-state index is -0.907. The molecule has 2 aromatic carbocycles. The van der Waals surface area contributed by atoms with Gasteiger partial charge in [-0.15, -0.1) is 0 Å². The first-order valence-electron chi connectivity index (χ1n) is 8.78. The lowest BCUT2D eigenvalue weighted by Gasteiger charge is -2.18. The first-order valence-corrected chi connectivity index (χ1v) is 8.78. The Kier molecular flexibility index (Phi) is 6.25. The van der Waals surface area contributed by atoms with Crippen molar-refractivity contribution in [3.05, 3.63) is 102 Å². The predicted octanol–water partition coefficient (Wildman–Crippen LogP) is 2.38. The third kappa shape index (κ3) is 5.11. The number of imide groups is 1. The quantitative estimate of drug-likeness (QED) is 0.694. The summed E-state index contributed by atoms with van der Waals surface area (Å²) in [6.07, 6.45) is 3.17. The largest absolute Gasteiger partial charge is 0.340 e. The van der Waals surface area contributed by atoms with Gasteiger partial charge in [-0.25, -0.2) is 0 Å². The maximum Gasteiger partial charge on any atom is 0.259 e. The van der Waals surface area contributed by atoms with Crippen molar-refractivity contribution >= 4 is 17.7 Å². The van der Waals surface area contributed by atoms with E-state index in [1.165, 1.54) is 12.4 Å². The Bertz CT molecular complexity index is 945. The van der Waals surface area contributed by atoms with Gasteiger partial charge in [0.15, 0.2) is 0 Å². The Hall–Kier alpha value is -3.80. The number of amides is 3. The van der Waals surface area contributed by atoms with E-state index >= 15 is 0 Å². The summed E-state index contributed by atoms with van der Waals surface area (Å²) in [5, 5.41) is 5.06. The number of nitrogens with zero attached hydrogens (tertiary/aromatic N) is 1. The van der Waals surface area contributed by atoms with Crippen LogP contribution in [0.2, 0.25) is 0 Å². The number of carbonyl (C=O) groups excluding carboxylic acids is 3. The summed E-state index contributed by atoms with van der Waals surface area (Å²) in [6.45, 7) is 0. The first-order chi connectivity index (χ1) is 13.6. The van der Waals surface area contributed by atoms with E-state index < -0.39 is 17.9 Å². The van der Waals surface area contributed by atoms with Gasteiger partial charge in [0.1, 0.15) is 6.04 Å². The van der Waals surface area contributed by atoms with Gasteiger partial charge in [-0.3, -0.25) is 24.7 Å². The SMILES string of the molecule is O=C(NC(=O)[C@H](Cc1ccccc1)NC(=O)c1ccccc1)c1cccnc1. The van der Waals surface area contributed by atoms with Crippen LogP contribution in [0.5, 0.6) is 0 Å². The zero-order chi connectivity index (χ0) is 19.8. The van der Waals surface area contributed by atoms with E-state index in [0.717, 1.165) is 5.56 Å². The third-order valence-electron chi connectivity index (χ3n) is 4.10. The molecule has 6 nitrogen and oxygen atoms in total. The molecule has 28 heavy (non-hydrogen) atoms. The van der Waals surface area contributed by atoms with E-state index in [-0.39, 0.29) is 17.9 Å². The number of pyridine rings is 1. The lowest BCUT2D eigenvalue weighted by atomic mass is 10.0. The van der Waals surface area contributed by atoms with Crippen molar-refractivity contribution in [3.63, 3.8) is 0 Å². The van der Waals surface area contributed by atoms with Crippen molar-refractivity contribution in [1.82, 2.24) is 15.6 Å². The smallest absolute Gasteiger partial charge is 0.259 e. The van der Waals surface area contributed by atoms with Crippen molar-refractivity contribution < 1.29 is 14.4 Å². The molecule has 1 aromatic heterocycles. The Labute approximate surface area is 162 Å². The van der Waals surface area contributed by atoms with Crippen LogP contribution in [0.25, 0.3) is 0 Å². The molecule has 3 aromatic rings. The van der Waals surface area contributed by atoms with Crippen LogP contribution in [0, 0.1) is 0 Å². The molecule has 1 atom stereocenters. The molecule has 0 fully saturated rings. The maximum atomic E-state index is 12.7. The second kappa shape index (κ2) is 9.23. The van der Waals surface area contributed by atoms with Crippen LogP contribution >= 0.6 is 0 Å². The molecule has 3 rings (SSSR count). The topological polar surface area (TPSA) is 88.2 Å². The Morgan fingerprint density at radius 3 is 2.07 bits per heavy atom. The summed E-state index contributed by atoms with van der Waals surface area (Å²) in [5.74, 6) is -1.53. The molecule has 0 saturated heterocycles. The molecule has 0 spiro atoms. The molecule has 2 N–H and O–H groups in total. The van der Waals surface area contributed by atoms with Gasteiger partial charge < -0.3 is 5.32 Å². The zero-order valence-electron chi connectivity index (χ0n) is 15.0. The summed E-state index contributed by atoms with van der Waals surface area (Å²) in [6, 6.07) is 20.2. The third-order valence-corrected chi connectivity index (χ3v) is 4.10. The summed E-state index contributed by atoms with van der Waals surface area (Å²) in [7, 11) is 0. The molecular weight excluding hydrogens is 354 g/mol. The van der Waals surface area contributed by atoms with Crippen LogP contribution in [0.15, 0.2) is 85.2 Å². The molecule has 6 heteroatoms. The predicted molar refractivity (Wildman–Crippen MR) is 105 cm³/mol. The Morgan fingerprint density at radius 2 is 1.43 bits per heavy atom. The van der Waals surface area contributed by atoms with Gasteiger partial charge in [-0.1, -0.05) is 48.5 Å². The number of nitrogens with one attached hydrogen (secondary N) is 2. The highest BCUT2D eigenvalue weighted by molar-refractivity contribution is 6.07.